The van der Waals surface area contributed by atoms with Crippen LogP contribution in [0.25, 0.3) is 11.3 Å². The largest absolute Gasteiger partial charge is 0.336 e. The number of thioether (sulfide) groups is 1. The highest BCUT2D eigenvalue weighted by molar-refractivity contribution is 8.01. The monoisotopic (exact) mass is 335 g/mol. The van der Waals surface area contributed by atoms with Crippen molar-refractivity contribution >= 4 is 35.0 Å². The van der Waals surface area contributed by atoms with Crippen LogP contribution in [0.5, 0.6) is 0 Å². The van der Waals surface area contributed by atoms with E-state index in [1.807, 2.05) is 49.6 Å². The minimum absolute atomic E-state index is 0.00662. The summed E-state index contributed by atoms with van der Waals surface area (Å²) in [5, 5.41) is 6.85. The standard InChI is InChI=1S/C15H17N3O2S2/c1-10(2)16-14(20)18-13(19)9-22-15-17-12(8-21-15)11-6-4-3-5-7-11/h3-8,10H,9H2,1-2H3,(H2,16,18,19,20). The van der Waals surface area contributed by atoms with Crippen molar-refractivity contribution in [2.45, 2.75) is 24.2 Å². The molecule has 0 aliphatic heterocycles. The van der Waals surface area contributed by atoms with E-state index in [2.05, 4.69) is 15.6 Å². The van der Waals surface area contributed by atoms with Gasteiger partial charge in [0.05, 0.1) is 11.4 Å². The zero-order valence-electron chi connectivity index (χ0n) is 12.3. The van der Waals surface area contributed by atoms with E-state index in [-0.39, 0.29) is 17.7 Å². The fourth-order valence-corrected chi connectivity index (χ4v) is 3.29. The first-order chi connectivity index (χ1) is 10.5. The van der Waals surface area contributed by atoms with Gasteiger partial charge in [0.15, 0.2) is 4.34 Å². The molecule has 0 atom stereocenters. The van der Waals surface area contributed by atoms with Crippen LogP contribution in [0.2, 0.25) is 0 Å². The molecule has 0 saturated heterocycles. The van der Waals surface area contributed by atoms with Gasteiger partial charge in [0.2, 0.25) is 5.91 Å². The molecule has 0 radical (unpaired) electrons. The summed E-state index contributed by atoms with van der Waals surface area (Å²) in [6.07, 6.45) is 0. The highest BCUT2D eigenvalue weighted by Crippen LogP contribution is 2.27. The third-order valence-electron chi connectivity index (χ3n) is 2.55. The predicted molar refractivity (Wildman–Crippen MR) is 90.1 cm³/mol. The lowest BCUT2D eigenvalue weighted by molar-refractivity contribution is -0.117. The molecule has 0 bridgehead atoms. The van der Waals surface area contributed by atoms with Gasteiger partial charge in [-0.3, -0.25) is 10.1 Å². The third kappa shape index (κ3) is 5.16. The summed E-state index contributed by atoms with van der Waals surface area (Å²) in [6, 6.07) is 9.39. The number of carbonyl (C=O) groups excluding carboxylic acids is 2. The predicted octanol–water partition coefficient (Wildman–Crippen LogP) is 3.14. The second-order valence-corrected chi connectivity index (χ2v) is 6.91. The zero-order chi connectivity index (χ0) is 15.9. The molecule has 2 aromatic rings. The Morgan fingerprint density at radius 1 is 1.27 bits per heavy atom. The van der Waals surface area contributed by atoms with Crippen LogP contribution >= 0.6 is 23.1 Å². The van der Waals surface area contributed by atoms with E-state index < -0.39 is 6.03 Å². The van der Waals surface area contributed by atoms with Crippen molar-refractivity contribution in [1.82, 2.24) is 15.6 Å². The Labute approximate surface area is 137 Å². The molecule has 7 heteroatoms. The Morgan fingerprint density at radius 3 is 2.68 bits per heavy atom. The van der Waals surface area contributed by atoms with E-state index in [4.69, 9.17) is 0 Å². The van der Waals surface area contributed by atoms with Crippen molar-refractivity contribution in [2.75, 3.05) is 5.75 Å². The molecule has 1 heterocycles. The van der Waals surface area contributed by atoms with Gasteiger partial charge in [-0.05, 0) is 13.8 Å². The van der Waals surface area contributed by atoms with Gasteiger partial charge >= 0.3 is 6.03 Å². The zero-order valence-corrected chi connectivity index (χ0v) is 14.0. The van der Waals surface area contributed by atoms with Crippen LogP contribution in [-0.2, 0) is 4.79 Å². The van der Waals surface area contributed by atoms with Crippen LogP contribution in [0.3, 0.4) is 0 Å². The van der Waals surface area contributed by atoms with Gasteiger partial charge in [0.25, 0.3) is 0 Å². The number of rotatable bonds is 5. The minimum Gasteiger partial charge on any atom is -0.336 e. The van der Waals surface area contributed by atoms with E-state index in [1.165, 1.54) is 23.1 Å². The van der Waals surface area contributed by atoms with Crippen molar-refractivity contribution in [2.24, 2.45) is 0 Å². The molecule has 0 aliphatic rings. The molecule has 2 rings (SSSR count). The molecule has 1 aromatic carbocycles. The molecule has 0 saturated carbocycles. The molecule has 0 spiro atoms. The number of carbonyl (C=O) groups is 2. The lowest BCUT2D eigenvalue weighted by Crippen LogP contribution is -2.43. The number of thiazole rings is 1. The lowest BCUT2D eigenvalue weighted by atomic mass is 10.2. The summed E-state index contributed by atoms with van der Waals surface area (Å²) in [4.78, 5) is 27.5. The van der Waals surface area contributed by atoms with Gasteiger partial charge in [-0.25, -0.2) is 9.78 Å². The first kappa shape index (κ1) is 16.5. The first-order valence-electron chi connectivity index (χ1n) is 6.78. The average Bonchev–Trinajstić information content (AvgIpc) is 2.94. The van der Waals surface area contributed by atoms with Crippen LogP contribution in [-0.4, -0.2) is 28.7 Å². The van der Waals surface area contributed by atoms with Gasteiger partial charge in [0, 0.05) is 17.0 Å². The van der Waals surface area contributed by atoms with Crippen LogP contribution < -0.4 is 10.6 Å². The summed E-state index contributed by atoms with van der Waals surface area (Å²) in [5.74, 6) is -0.174. The van der Waals surface area contributed by atoms with E-state index in [0.717, 1.165) is 15.6 Å². The number of benzene rings is 1. The van der Waals surface area contributed by atoms with Gasteiger partial charge in [-0.15, -0.1) is 11.3 Å². The van der Waals surface area contributed by atoms with Crippen molar-refractivity contribution < 1.29 is 9.59 Å². The quantitative estimate of drug-likeness (QED) is 0.824. The molecular formula is C15H17N3O2S2. The van der Waals surface area contributed by atoms with Crippen LogP contribution in [0.1, 0.15) is 13.8 Å². The maximum atomic E-state index is 11.7. The molecule has 22 heavy (non-hydrogen) atoms. The number of nitrogens with zero attached hydrogens (tertiary/aromatic N) is 1. The molecule has 0 aliphatic carbocycles. The minimum atomic E-state index is -0.468. The normalized spacial score (nSPS) is 10.5. The molecule has 5 nitrogen and oxygen atoms in total. The van der Waals surface area contributed by atoms with Crippen molar-refractivity contribution in [1.29, 1.82) is 0 Å². The number of aromatic nitrogens is 1. The highest BCUT2D eigenvalue weighted by atomic mass is 32.2. The maximum Gasteiger partial charge on any atom is 0.321 e. The SMILES string of the molecule is CC(C)NC(=O)NC(=O)CSc1nc(-c2ccccc2)cs1. The molecule has 3 amide bonds. The molecule has 2 N–H and O–H groups in total. The Bertz CT molecular complexity index is 641. The molecule has 116 valence electrons. The Hall–Kier alpha value is -1.86. The van der Waals surface area contributed by atoms with E-state index >= 15 is 0 Å². The van der Waals surface area contributed by atoms with Gasteiger partial charge < -0.3 is 5.32 Å². The van der Waals surface area contributed by atoms with Crippen molar-refractivity contribution in [3.63, 3.8) is 0 Å². The number of hydrogen-bond donors (Lipinski definition) is 2. The van der Waals surface area contributed by atoms with Gasteiger partial charge in [-0.1, -0.05) is 42.1 Å². The van der Waals surface area contributed by atoms with Crippen LogP contribution in [0.15, 0.2) is 40.1 Å². The van der Waals surface area contributed by atoms with E-state index in [0.29, 0.717) is 0 Å². The highest BCUT2D eigenvalue weighted by Gasteiger charge is 2.11. The number of nitrogens with one attached hydrogen (secondary N) is 2. The summed E-state index contributed by atoms with van der Waals surface area (Å²) in [5.41, 5.74) is 1.94. The fourth-order valence-electron chi connectivity index (χ4n) is 1.65. The molecule has 1 aromatic heterocycles. The fraction of sp³-hybridized carbons (Fsp3) is 0.267. The topological polar surface area (TPSA) is 71.1 Å². The summed E-state index contributed by atoms with van der Waals surface area (Å²) in [7, 11) is 0. The number of urea groups is 1. The second kappa shape index (κ2) is 7.95. The van der Waals surface area contributed by atoms with Crippen molar-refractivity contribution in [3.05, 3.63) is 35.7 Å². The molecule has 0 fully saturated rings. The lowest BCUT2D eigenvalue weighted by Gasteiger charge is -2.08. The van der Waals surface area contributed by atoms with Crippen LogP contribution in [0, 0.1) is 0 Å². The Balaban J connectivity index is 1.84. The summed E-state index contributed by atoms with van der Waals surface area (Å²) in [6.45, 7) is 3.67. The van der Waals surface area contributed by atoms with Crippen LogP contribution in [0.4, 0.5) is 4.79 Å². The molecule has 0 unspecified atom stereocenters. The van der Waals surface area contributed by atoms with E-state index in [9.17, 15) is 9.59 Å². The van der Waals surface area contributed by atoms with Crippen molar-refractivity contribution in [3.8, 4) is 11.3 Å². The molecular weight excluding hydrogens is 318 g/mol. The third-order valence-corrected chi connectivity index (χ3v) is 4.57. The van der Waals surface area contributed by atoms with Gasteiger partial charge in [0.1, 0.15) is 0 Å². The average molecular weight is 335 g/mol. The first-order valence-corrected chi connectivity index (χ1v) is 8.65. The Morgan fingerprint density at radius 2 is 2.00 bits per heavy atom. The Kier molecular flexibility index (Phi) is 5.97. The second-order valence-electron chi connectivity index (χ2n) is 4.83. The van der Waals surface area contributed by atoms with Gasteiger partial charge in [-0.2, -0.15) is 0 Å². The number of imide groups is 1. The number of amides is 3. The smallest absolute Gasteiger partial charge is 0.321 e. The summed E-state index contributed by atoms with van der Waals surface area (Å²) < 4.78 is 0.804. The van der Waals surface area contributed by atoms with E-state index in [1.54, 1.807) is 0 Å². The number of hydrogen-bond acceptors (Lipinski definition) is 5. The summed E-state index contributed by atoms with van der Waals surface area (Å²) >= 11 is 2.81. The maximum absolute atomic E-state index is 11.7.